The fraction of sp³-hybridized carbons (Fsp3) is 0.185. The van der Waals surface area contributed by atoms with Crippen LogP contribution in [0.3, 0.4) is 0 Å². The summed E-state index contributed by atoms with van der Waals surface area (Å²) in [6.07, 6.45) is 0. The van der Waals surface area contributed by atoms with Gasteiger partial charge in [-0.1, -0.05) is 66.2 Å². The summed E-state index contributed by atoms with van der Waals surface area (Å²) in [7, 11) is 0. The van der Waals surface area contributed by atoms with Gasteiger partial charge in [-0.2, -0.15) is 20.2 Å². The number of amides is 2. The second-order valence-electron chi connectivity index (χ2n) is 8.85. The van der Waals surface area contributed by atoms with Crippen molar-refractivity contribution in [3.8, 4) is 0 Å². The highest BCUT2D eigenvalue weighted by molar-refractivity contribution is 6.38. The van der Waals surface area contributed by atoms with Crippen LogP contribution in [0.5, 0.6) is 0 Å². The number of hydrogen-bond acceptors (Lipinski definition) is 4. The van der Waals surface area contributed by atoms with E-state index in [1.165, 1.54) is 10.0 Å². The summed E-state index contributed by atoms with van der Waals surface area (Å²) in [5.74, 6) is -0.985. The number of anilines is 2. The zero-order valence-electron chi connectivity index (χ0n) is 18.6. The van der Waals surface area contributed by atoms with E-state index in [1.54, 1.807) is 6.07 Å². The molecule has 2 spiro atoms. The van der Waals surface area contributed by atoms with Crippen LogP contribution >= 0.6 is 11.6 Å². The van der Waals surface area contributed by atoms with Gasteiger partial charge in [0.15, 0.2) is 0 Å². The van der Waals surface area contributed by atoms with E-state index < -0.39 is 16.7 Å². The van der Waals surface area contributed by atoms with E-state index >= 15 is 0 Å². The summed E-state index contributed by atoms with van der Waals surface area (Å²) in [4.78, 5) is 28.5. The number of nitrogens with zero attached hydrogens (tertiary/aromatic N) is 4. The van der Waals surface area contributed by atoms with Crippen molar-refractivity contribution in [2.75, 3.05) is 10.0 Å². The molecule has 3 aromatic carbocycles. The Kier molecular flexibility index (Phi) is 4.35. The Morgan fingerprint density at radius 1 is 0.676 bits per heavy atom. The Labute approximate surface area is 202 Å². The number of fused-ring (bicyclic) bond motifs is 1. The first kappa shape index (κ1) is 20.8. The predicted octanol–water partition coefficient (Wildman–Crippen LogP) is 5.26. The quantitative estimate of drug-likeness (QED) is 0.526. The molecule has 2 heterocycles. The van der Waals surface area contributed by atoms with Crippen LogP contribution in [0, 0.1) is 10.8 Å². The van der Waals surface area contributed by atoms with Crippen molar-refractivity contribution in [1.82, 2.24) is 0 Å². The number of carbonyl (C=O) groups excluding carboxylic acids is 2. The van der Waals surface area contributed by atoms with Gasteiger partial charge in [0, 0.05) is 10.9 Å². The lowest BCUT2D eigenvalue weighted by Crippen LogP contribution is -2.40. The molecule has 7 heteroatoms. The average molecular weight is 469 g/mol. The van der Waals surface area contributed by atoms with Crippen molar-refractivity contribution < 1.29 is 9.59 Å². The minimum Gasteiger partial charge on any atom is -0.271 e. The zero-order chi connectivity index (χ0) is 23.7. The van der Waals surface area contributed by atoms with Gasteiger partial charge in [-0.3, -0.25) is 9.59 Å². The van der Waals surface area contributed by atoms with Crippen LogP contribution in [0.2, 0.25) is 5.02 Å². The molecule has 0 saturated heterocycles. The summed E-state index contributed by atoms with van der Waals surface area (Å²) in [5.41, 5.74) is 0.851. The number of benzene rings is 3. The van der Waals surface area contributed by atoms with Crippen LogP contribution in [-0.4, -0.2) is 23.2 Å². The molecular formula is C27H21ClN4O2. The highest BCUT2D eigenvalue weighted by atomic mass is 35.5. The first-order valence-corrected chi connectivity index (χ1v) is 11.5. The highest BCUT2D eigenvalue weighted by Crippen LogP contribution is 2.79. The number of hydrazone groups is 2. The summed E-state index contributed by atoms with van der Waals surface area (Å²) in [5, 5.41) is 12.7. The third-order valence-electron chi connectivity index (χ3n) is 7.32. The van der Waals surface area contributed by atoms with E-state index in [4.69, 9.17) is 11.6 Å². The van der Waals surface area contributed by atoms with Crippen molar-refractivity contribution >= 4 is 46.2 Å². The number of hydrogen-bond donors (Lipinski definition) is 0. The summed E-state index contributed by atoms with van der Waals surface area (Å²) < 4.78 is 0. The molecule has 0 bridgehead atoms. The molecule has 0 unspecified atom stereocenters. The van der Waals surface area contributed by atoms with Crippen molar-refractivity contribution in [1.29, 1.82) is 0 Å². The van der Waals surface area contributed by atoms with Gasteiger partial charge >= 0.3 is 0 Å². The topological polar surface area (TPSA) is 65.3 Å². The fourth-order valence-corrected chi connectivity index (χ4v) is 6.15. The second kappa shape index (κ2) is 7.11. The molecule has 0 N–H and O–H groups in total. The summed E-state index contributed by atoms with van der Waals surface area (Å²) in [6.45, 7) is 3.65. The molecule has 6 nitrogen and oxygen atoms in total. The molecule has 6 rings (SSSR count). The van der Waals surface area contributed by atoms with E-state index in [2.05, 4.69) is 10.2 Å². The largest absolute Gasteiger partial charge is 0.271 e. The van der Waals surface area contributed by atoms with Crippen molar-refractivity contribution in [2.45, 2.75) is 19.8 Å². The molecule has 168 valence electrons. The van der Waals surface area contributed by atoms with Crippen molar-refractivity contribution in [2.24, 2.45) is 21.0 Å². The molecule has 3 aromatic rings. The molecule has 34 heavy (non-hydrogen) atoms. The third kappa shape index (κ3) is 2.36. The molecule has 0 aromatic heterocycles. The lowest BCUT2D eigenvalue weighted by atomic mass is 9.85. The Morgan fingerprint density at radius 3 is 1.53 bits per heavy atom. The molecule has 2 aliphatic heterocycles. The molecule has 1 aliphatic carbocycles. The average Bonchev–Trinajstić information content (AvgIpc) is 3.33. The van der Waals surface area contributed by atoms with E-state index in [0.29, 0.717) is 27.8 Å². The maximum Gasteiger partial charge on any atom is 0.261 e. The molecule has 0 radical (unpaired) electrons. The minimum atomic E-state index is -1.19. The maximum absolute atomic E-state index is 14.2. The molecule has 1 fully saturated rings. The zero-order valence-corrected chi connectivity index (χ0v) is 19.4. The van der Waals surface area contributed by atoms with Gasteiger partial charge < -0.3 is 0 Å². The van der Waals surface area contributed by atoms with Crippen molar-refractivity contribution in [3.63, 3.8) is 0 Å². The lowest BCUT2D eigenvalue weighted by Gasteiger charge is -2.18. The van der Waals surface area contributed by atoms with E-state index in [9.17, 15) is 9.59 Å². The summed E-state index contributed by atoms with van der Waals surface area (Å²) >= 11 is 6.65. The summed E-state index contributed by atoms with van der Waals surface area (Å²) in [6, 6.07) is 25.9. The van der Waals surface area contributed by atoms with Crippen LogP contribution in [0.25, 0.3) is 0 Å². The lowest BCUT2D eigenvalue weighted by molar-refractivity contribution is -0.126. The fourth-order valence-electron chi connectivity index (χ4n) is 5.90. The van der Waals surface area contributed by atoms with Gasteiger partial charge in [-0.05, 0) is 49.7 Å². The molecule has 2 atom stereocenters. The van der Waals surface area contributed by atoms with Gasteiger partial charge in [0.1, 0.15) is 10.8 Å². The van der Waals surface area contributed by atoms with Crippen molar-refractivity contribution in [3.05, 3.63) is 95.5 Å². The van der Waals surface area contributed by atoms with Gasteiger partial charge in [0.25, 0.3) is 11.8 Å². The van der Waals surface area contributed by atoms with Gasteiger partial charge in [0.05, 0.1) is 22.8 Å². The first-order valence-electron chi connectivity index (χ1n) is 11.1. The van der Waals surface area contributed by atoms with Gasteiger partial charge in [0.2, 0.25) is 0 Å². The third-order valence-corrected chi connectivity index (χ3v) is 7.67. The normalized spacial score (nSPS) is 27.6. The smallest absolute Gasteiger partial charge is 0.261 e. The minimum absolute atomic E-state index is 0.237. The monoisotopic (exact) mass is 468 g/mol. The molecule has 3 aliphatic rings. The van der Waals surface area contributed by atoms with Gasteiger partial charge in [-0.25, -0.2) is 0 Å². The Morgan fingerprint density at radius 2 is 1.09 bits per heavy atom. The van der Waals surface area contributed by atoms with E-state index in [0.717, 1.165) is 5.56 Å². The Hall–Kier alpha value is -3.77. The second-order valence-corrected chi connectivity index (χ2v) is 9.25. The van der Waals surface area contributed by atoms with Crippen LogP contribution in [0.15, 0.2) is 95.1 Å². The molecular weight excluding hydrogens is 448 g/mol. The maximum atomic E-state index is 14.2. The number of rotatable bonds is 3. The Bertz CT molecular complexity index is 1320. The molecule has 1 saturated carbocycles. The Balaban J connectivity index is 1.55. The highest BCUT2D eigenvalue weighted by Gasteiger charge is 2.91. The standard InChI is InChI=1S/C27H21ClN4O2/c1-17-26(24(33)31(29-17)19-11-5-3-6-12-19)23(21-15-9-10-16-22(21)28)27(26)18(2)30-32(25(27)34)20-13-7-4-8-14-20/h3-16,23H,1-2H3/t26-,27-/m1/s1. The van der Waals surface area contributed by atoms with Crippen LogP contribution in [0.4, 0.5) is 11.4 Å². The number of halogens is 1. The number of carbonyl (C=O) groups is 2. The van der Waals surface area contributed by atoms with E-state index in [-0.39, 0.29) is 11.8 Å². The van der Waals surface area contributed by atoms with Crippen LogP contribution in [0.1, 0.15) is 25.3 Å². The predicted molar refractivity (Wildman–Crippen MR) is 133 cm³/mol. The SMILES string of the molecule is CC1=NN(c2ccccc2)C(=O)[C@]12C(c1ccccc1Cl)[C@]21C(=O)N(c2ccccc2)N=C1C. The first-order chi connectivity index (χ1) is 16.5. The van der Waals surface area contributed by atoms with Crippen LogP contribution < -0.4 is 10.0 Å². The molecule has 2 amide bonds. The number of para-hydroxylation sites is 2. The van der Waals surface area contributed by atoms with Gasteiger partial charge in [-0.15, -0.1) is 0 Å². The van der Waals surface area contributed by atoms with E-state index in [1.807, 2.05) is 92.7 Å². The van der Waals surface area contributed by atoms with Crippen LogP contribution in [-0.2, 0) is 9.59 Å².